The molecule has 0 bridgehead atoms. The minimum Gasteiger partial charge on any atom is -0.493 e. The predicted octanol–water partition coefficient (Wildman–Crippen LogP) is 2.31. The number of nitrogens with zero attached hydrogens (tertiary/aromatic N) is 2. The molecular weight excluding hydrogens is 394 g/mol. The van der Waals surface area contributed by atoms with E-state index in [0.29, 0.717) is 0 Å². The van der Waals surface area contributed by atoms with Crippen molar-refractivity contribution in [2.24, 2.45) is 0 Å². The number of benzene rings is 2. The van der Waals surface area contributed by atoms with Crippen LogP contribution in [-0.4, -0.2) is 79.7 Å². The van der Waals surface area contributed by atoms with Crippen LogP contribution in [0.1, 0.15) is 33.1 Å². The van der Waals surface area contributed by atoms with Crippen molar-refractivity contribution < 1.29 is 41.3 Å². The Morgan fingerprint density at radius 1 is 1.19 bits per heavy atom. The third kappa shape index (κ3) is 6.69. The van der Waals surface area contributed by atoms with E-state index in [2.05, 4.69) is 5.32 Å². The Labute approximate surface area is 207 Å². The molecule has 31 heavy (non-hydrogen) atoms. The molecule has 0 aromatic heterocycles. The number of carbonyl (C=O) groups is 1. The molecule has 2 aromatic carbocycles. The molecule has 0 aliphatic carbocycles. The molecule has 1 aliphatic heterocycles. The van der Waals surface area contributed by atoms with Crippen LogP contribution in [0, 0.1) is 13.7 Å². The van der Waals surface area contributed by atoms with Gasteiger partial charge < -0.3 is 19.9 Å². The van der Waals surface area contributed by atoms with Crippen molar-refractivity contribution in [2.45, 2.75) is 19.8 Å². The molecule has 0 radical (unpaired) electrons. The van der Waals surface area contributed by atoms with Crippen molar-refractivity contribution in [3.8, 4) is 11.5 Å². The van der Waals surface area contributed by atoms with Crippen LogP contribution in [0.5, 0.6) is 11.5 Å². The molecule has 1 saturated heterocycles. The normalized spacial score (nSPS) is 25.7. The largest absolute Gasteiger partial charge is 0.493 e. The molecule has 2 N–H and O–H groups in total. The first kappa shape index (κ1) is 9.90. The minimum atomic E-state index is -3.11. The number of carbonyl (C=O) groups excluding carboxylic acids is 1. The summed E-state index contributed by atoms with van der Waals surface area (Å²) in [6.45, 7) is -12.8. The van der Waals surface area contributed by atoms with Crippen molar-refractivity contribution in [1.82, 2.24) is 9.80 Å². The molecule has 2 aromatic rings. The highest BCUT2D eigenvalue weighted by Crippen LogP contribution is 2.25. The number of para-hydroxylation sites is 3. The molecule has 7 heteroatoms. The van der Waals surface area contributed by atoms with E-state index in [1.807, 2.05) is 0 Å². The van der Waals surface area contributed by atoms with E-state index < -0.39 is 93.0 Å². The molecule has 0 spiro atoms. The number of methoxy groups -OCH3 is 1. The Hall–Kier alpha value is -2.61. The summed E-state index contributed by atoms with van der Waals surface area (Å²) in [6.07, 6.45) is -2.43. The highest BCUT2D eigenvalue weighted by Gasteiger charge is 2.21. The van der Waals surface area contributed by atoms with E-state index in [9.17, 15) is 9.90 Å². The monoisotopic (exact) mass is 443 g/mol. The average Bonchev–Trinajstić information content (AvgIpc) is 2.90. The molecule has 1 fully saturated rings. The molecule has 1 amide bonds. The molecule has 7 nitrogen and oxygen atoms in total. The Morgan fingerprint density at radius 3 is 2.55 bits per heavy atom. The third-order valence-corrected chi connectivity index (χ3v) is 4.42. The summed E-state index contributed by atoms with van der Waals surface area (Å²) in [7, 11) is -2.90. The summed E-state index contributed by atoms with van der Waals surface area (Å²) in [5, 5.41) is 13.0. The first-order valence-corrected chi connectivity index (χ1v) is 9.34. The number of rotatable bonds is 9. The van der Waals surface area contributed by atoms with Gasteiger partial charge in [-0.2, -0.15) is 0 Å². The Bertz CT molecular complexity index is 1410. The first-order chi connectivity index (χ1) is 21.3. The van der Waals surface area contributed by atoms with E-state index in [1.165, 1.54) is 29.2 Å². The lowest BCUT2D eigenvalue weighted by Gasteiger charge is -2.35. The minimum absolute atomic E-state index is 0.0178. The van der Waals surface area contributed by atoms with Gasteiger partial charge in [-0.25, -0.2) is 0 Å². The van der Waals surface area contributed by atoms with E-state index in [4.69, 9.17) is 31.4 Å². The lowest BCUT2D eigenvalue weighted by atomic mass is 10.1. The van der Waals surface area contributed by atoms with Gasteiger partial charge in [0.2, 0.25) is 5.91 Å². The second kappa shape index (κ2) is 11.1. The summed E-state index contributed by atoms with van der Waals surface area (Å²) in [5.74, 6) is -1.66. The van der Waals surface area contributed by atoms with Gasteiger partial charge in [0, 0.05) is 49.3 Å². The molecule has 3 rings (SSSR count). The fourth-order valence-electron chi connectivity index (χ4n) is 2.89. The Morgan fingerprint density at radius 2 is 1.87 bits per heavy atom. The van der Waals surface area contributed by atoms with Gasteiger partial charge in [0.15, 0.2) is 11.5 Å². The number of piperazine rings is 1. The molecule has 168 valence electrons. The van der Waals surface area contributed by atoms with Crippen LogP contribution in [0.3, 0.4) is 0 Å². The number of anilines is 1. The number of hydrogen-bond donors (Lipinski definition) is 2. The lowest BCUT2D eigenvalue weighted by Crippen LogP contribution is -2.50. The maximum Gasteiger partial charge on any atom is 0.238 e. The van der Waals surface area contributed by atoms with Crippen LogP contribution >= 0.6 is 0 Å². The summed E-state index contributed by atoms with van der Waals surface area (Å²) < 4.78 is 136. The molecule has 1 heterocycles. The van der Waals surface area contributed by atoms with Gasteiger partial charge in [0.1, 0.15) is 12.7 Å². The zero-order chi connectivity index (χ0) is 35.9. The van der Waals surface area contributed by atoms with Crippen molar-refractivity contribution in [3.63, 3.8) is 0 Å². The van der Waals surface area contributed by atoms with Gasteiger partial charge >= 0.3 is 0 Å². The molecule has 1 atom stereocenters. The van der Waals surface area contributed by atoms with Crippen molar-refractivity contribution in [2.75, 3.05) is 58.1 Å². The van der Waals surface area contributed by atoms with Gasteiger partial charge in [0.25, 0.3) is 0 Å². The number of nitrogens with one attached hydrogen (secondary N) is 1. The fourth-order valence-corrected chi connectivity index (χ4v) is 2.89. The van der Waals surface area contributed by atoms with Gasteiger partial charge in [-0.15, -0.1) is 0 Å². The van der Waals surface area contributed by atoms with Crippen LogP contribution < -0.4 is 14.8 Å². The zero-order valence-electron chi connectivity index (χ0n) is 32.5. The fraction of sp³-hybridized carbons (Fsp3) is 0.458. The zero-order valence-corrected chi connectivity index (χ0v) is 16.5. The van der Waals surface area contributed by atoms with E-state index >= 15 is 0 Å². The van der Waals surface area contributed by atoms with E-state index in [-0.39, 0.29) is 31.9 Å². The van der Waals surface area contributed by atoms with Crippen LogP contribution in [-0.2, 0) is 4.79 Å². The predicted molar refractivity (Wildman–Crippen MR) is 122 cm³/mol. The number of aliphatic hydroxyl groups is 1. The van der Waals surface area contributed by atoms with Crippen LogP contribution in [0.25, 0.3) is 0 Å². The highest BCUT2D eigenvalue weighted by molar-refractivity contribution is 5.93. The Balaban J connectivity index is 1.73. The standard InChI is InChI=1S/C24H33N3O4/c1-18-7-6-8-19(2)24(18)25-23(29)16-27-13-11-26(12-14-27)15-20(28)17-31-22-10-5-4-9-21(22)30-3/h4-10,20,28H,11-17H2,1-3H3,(H,25,29)/i1D3,2D3,3D3,6D,7D,8D,15D2,17D2. The topological polar surface area (TPSA) is 74.3 Å². The van der Waals surface area contributed by atoms with E-state index in [1.54, 1.807) is 0 Å². The molecule has 1 unspecified atom stereocenters. The maximum atomic E-state index is 13.0. The van der Waals surface area contributed by atoms with Gasteiger partial charge in [-0.1, -0.05) is 30.3 Å². The second-order valence-electron chi connectivity index (χ2n) is 6.61. The molecule has 1 aliphatic rings. The summed E-state index contributed by atoms with van der Waals surface area (Å²) in [6, 6.07) is 2.41. The third-order valence-electron chi connectivity index (χ3n) is 4.42. The van der Waals surface area contributed by atoms with Crippen molar-refractivity contribution in [1.29, 1.82) is 0 Å². The van der Waals surface area contributed by atoms with Gasteiger partial charge in [-0.3, -0.25) is 14.6 Å². The maximum absolute atomic E-state index is 13.0. The molecule has 0 saturated carbocycles. The van der Waals surface area contributed by atoms with Crippen molar-refractivity contribution >= 4 is 11.6 Å². The highest BCUT2D eigenvalue weighted by atomic mass is 16.5. The summed E-state index contributed by atoms with van der Waals surface area (Å²) >= 11 is 0. The first-order valence-electron chi connectivity index (χ1n) is 17.3. The van der Waals surface area contributed by atoms with Crippen LogP contribution in [0.4, 0.5) is 5.69 Å². The van der Waals surface area contributed by atoms with Crippen LogP contribution in [0.2, 0.25) is 0 Å². The number of hydrogen-bond acceptors (Lipinski definition) is 6. The quantitative estimate of drug-likeness (QED) is 0.620. The smallest absolute Gasteiger partial charge is 0.238 e. The summed E-state index contributed by atoms with van der Waals surface area (Å²) in [4.78, 5) is 15.6. The number of aliphatic hydroxyl groups excluding tert-OH is 1. The average molecular weight is 444 g/mol. The second-order valence-corrected chi connectivity index (χ2v) is 6.61. The van der Waals surface area contributed by atoms with Crippen LogP contribution in [0.15, 0.2) is 42.4 Å². The summed E-state index contributed by atoms with van der Waals surface area (Å²) in [5.41, 5.74) is -2.56. The SMILES string of the molecule is [2H]c1c([2H])c(C([2H])([2H])[2H])c(NC(=O)CN2CCN(C([2H])([2H])C(O)C([2H])([2H])Oc3ccccc3OC([2H])([2H])[2H])CC2)c(C([2H])([2H])[2H])c1[2H]. The Kier molecular flexibility index (Phi) is 3.55. The van der Waals surface area contributed by atoms with Crippen molar-refractivity contribution in [3.05, 3.63) is 53.5 Å². The number of amides is 1. The number of ether oxygens (including phenoxy) is 2. The number of β-amino-alcohol motifs (C(OH)–C–C–N with tert-alkyl or cyclic N) is 1. The van der Waals surface area contributed by atoms with Gasteiger partial charge in [-0.05, 0) is 37.0 Å². The lowest BCUT2D eigenvalue weighted by molar-refractivity contribution is -0.117. The van der Waals surface area contributed by atoms with Gasteiger partial charge in [0.05, 0.1) is 24.5 Å². The van der Waals surface area contributed by atoms with E-state index in [0.717, 1.165) is 4.90 Å². The molecular formula is C24H33N3O4.